The second kappa shape index (κ2) is 6.36. The molecule has 0 bridgehead atoms. The Kier molecular flexibility index (Phi) is 5.07. The molecule has 1 N–H and O–H groups in total. The van der Waals surface area contributed by atoms with Crippen molar-refractivity contribution in [2.75, 3.05) is 13.1 Å². The van der Waals surface area contributed by atoms with Gasteiger partial charge in [-0.3, -0.25) is 9.59 Å². The molecule has 0 aliphatic rings. The third kappa shape index (κ3) is 4.87. The van der Waals surface area contributed by atoms with Gasteiger partial charge in [-0.1, -0.05) is 0 Å². The van der Waals surface area contributed by atoms with Crippen LogP contribution in [-0.2, 0) is 4.79 Å². The Balaban J connectivity index is 2.73. The van der Waals surface area contributed by atoms with Gasteiger partial charge < -0.3 is 15.4 Å². The molecular formula is C14H21N3O3. The van der Waals surface area contributed by atoms with E-state index in [1.807, 2.05) is 20.8 Å². The predicted molar refractivity (Wildman–Crippen MR) is 74.9 cm³/mol. The molecule has 0 aliphatic carbocycles. The third-order valence-electron chi connectivity index (χ3n) is 2.57. The number of rotatable bonds is 4. The molecule has 0 aromatic carbocycles. The summed E-state index contributed by atoms with van der Waals surface area (Å²) in [5.74, 6) is -0.473. The van der Waals surface area contributed by atoms with Crippen molar-refractivity contribution in [1.29, 1.82) is 0 Å². The zero-order chi connectivity index (χ0) is 15.3. The lowest BCUT2D eigenvalue weighted by atomic mass is 10.1. The first-order chi connectivity index (χ1) is 9.23. The van der Waals surface area contributed by atoms with Crippen molar-refractivity contribution in [3.63, 3.8) is 0 Å². The average Bonchev–Trinajstić information content (AvgIpc) is 2.34. The van der Waals surface area contributed by atoms with Crippen LogP contribution in [0.25, 0.3) is 0 Å². The lowest BCUT2D eigenvalue weighted by Crippen LogP contribution is -2.47. The highest BCUT2D eigenvalue weighted by Gasteiger charge is 2.20. The Morgan fingerprint density at radius 1 is 1.30 bits per heavy atom. The number of aromatic nitrogens is 1. The first-order valence-electron chi connectivity index (χ1n) is 6.52. The van der Waals surface area contributed by atoms with Crippen molar-refractivity contribution in [1.82, 2.24) is 10.2 Å². The smallest absolute Gasteiger partial charge is 0.254 e. The number of hydrogen-bond donors (Lipinski definition) is 1. The molecule has 6 heteroatoms. The van der Waals surface area contributed by atoms with Gasteiger partial charge in [-0.25, -0.2) is 0 Å². The largest absolute Gasteiger partial charge is 0.619 e. The van der Waals surface area contributed by atoms with E-state index in [1.165, 1.54) is 29.4 Å². The molecule has 0 radical (unpaired) electrons. The summed E-state index contributed by atoms with van der Waals surface area (Å²) in [6.45, 7) is 7.87. The van der Waals surface area contributed by atoms with Crippen LogP contribution >= 0.6 is 0 Å². The molecule has 0 aliphatic heterocycles. The highest BCUT2D eigenvalue weighted by molar-refractivity contribution is 5.96. The van der Waals surface area contributed by atoms with Crippen LogP contribution in [0.1, 0.15) is 38.1 Å². The maximum absolute atomic E-state index is 12.2. The first kappa shape index (κ1) is 15.9. The van der Waals surface area contributed by atoms with E-state index in [-0.39, 0.29) is 23.9 Å². The number of nitrogens with zero attached hydrogens (tertiary/aromatic N) is 2. The lowest BCUT2D eigenvalue weighted by Gasteiger charge is -2.25. The van der Waals surface area contributed by atoms with Crippen molar-refractivity contribution < 1.29 is 14.3 Å². The van der Waals surface area contributed by atoms with E-state index in [0.717, 1.165) is 0 Å². The number of pyridine rings is 1. The average molecular weight is 279 g/mol. The van der Waals surface area contributed by atoms with Crippen LogP contribution in [0.2, 0.25) is 0 Å². The van der Waals surface area contributed by atoms with Crippen LogP contribution in [0.3, 0.4) is 0 Å². The van der Waals surface area contributed by atoms with E-state index < -0.39 is 0 Å². The van der Waals surface area contributed by atoms with Gasteiger partial charge in [0.25, 0.3) is 5.91 Å². The molecule has 0 spiro atoms. The van der Waals surface area contributed by atoms with Crippen LogP contribution in [0.5, 0.6) is 0 Å². The summed E-state index contributed by atoms with van der Waals surface area (Å²) in [6, 6.07) is 2.89. The van der Waals surface area contributed by atoms with E-state index in [4.69, 9.17) is 0 Å². The van der Waals surface area contributed by atoms with Crippen molar-refractivity contribution in [3.05, 3.63) is 35.3 Å². The molecule has 1 aromatic heterocycles. The SMILES string of the molecule is CCN(CC(=O)NC(C)(C)C)C(=O)c1cc[n+]([O-])cc1. The van der Waals surface area contributed by atoms with Gasteiger partial charge in [0.15, 0.2) is 12.4 Å². The number of likely N-dealkylation sites (N-methyl/N-ethyl adjacent to an activating group) is 1. The van der Waals surface area contributed by atoms with Crippen LogP contribution in [0.15, 0.2) is 24.5 Å². The minimum absolute atomic E-state index is 0.00112. The topological polar surface area (TPSA) is 76.4 Å². The van der Waals surface area contributed by atoms with Gasteiger partial charge >= 0.3 is 0 Å². The Morgan fingerprint density at radius 3 is 2.30 bits per heavy atom. The molecule has 0 saturated heterocycles. The van der Waals surface area contributed by atoms with Crippen molar-refractivity contribution in [3.8, 4) is 0 Å². The quantitative estimate of drug-likeness (QED) is 0.651. The molecule has 1 aromatic rings. The van der Waals surface area contributed by atoms with Crippen molar-refractivity contribution >= 4 is 11.8 Å². The molecule has 0 unspecified atom stereocenters. The fraction of sp³-hybridized carbons (Fsp3) is 0.500. The second-order valence-corrected chi connectivity index (χ2v) is 5.56. The zero-order valence-corrected chi connectivity index (χ0v) is 12.3. The first-order valence-corrected chi connectivity index (χ1v) is 6.52. The number of nitrogens with one attached hydrogen (secondary N) is 1. The summed E-state index contributed by atoms with van der Waals surface area (Å²) >= 11 is 0. The maximum atomic E-state index is 12.2. The monoisotopic (exact) mass is 279 g/mol. The Labute approximate surface area is 119 Å². The summed E-state index contributed by atoms with van der Waals surface area (Å²) in [6.07, 6.45) is 2.52. The maximum Gasteiger partial charge on any atom is 0.254 e. The van der Waals surface area contributed by atoms with Gasteiger partial charge in [-0.15, -0.1) is 0 Å². The van der Waals surface area contributed by atoms with Crippen LogP contribution < -0.4 is 10.0 Å². The highest BCUT2D eigenvalue weighted by Crippen LogP contribution is 2.04. The summed E-state index contributed by atoms with van der Waals surface area (Å²) in [4.78, 5) is 25.5. The van der Waals surface area contributed by atoms with Gasteiger partial charge in [0.05, 0.1) is 12.1 Å². The fourth-order valence-electron chi connectivity index (χ4n) is 1.70. The van der Waals surface area contributed by atoms with Gasteiger partial charge in [0, 0.05) is 24.2 Å². The lowest BCUT2D eigenvalue weighted by molar-refractivity contribution is -0.605. The molecule has 110 valence electrons. The summed E-state index contributed by atoms with van der Waals surface area (Å²) in [5, 5.41) is 13.8. The summed E-state index contributed by atoms with van der Waals surface area (Å²) in [5.41, 5.74) is 0.0583. The van der Waals surface area contributed by atoms with Gasteiger partial charge in [-0.05, 0) is 27.7 Å². The summed E-state index contributed by atoms with van der Waals surface area (Å²) < 4.78 is 0.610. The normalized spacial score (nSPS) is 11.0. The van der Waals surface area contributed by atoms with Gasteiger partial charge in [0.2, 0.25) is 5.91 Å². The third-order valence-corrected chi connectivity index (χ3v) is 2.57. The van der Waals surface area contributed by atoms with E-state index >= 15 is 0 Å². The molecule has 6 nitrogen and oxygen atoms in total. The van der Waals surface area contributed by atoms with Crippen molar-refractivity contribution in [2.24, 2.45) is 0 Å². The van der Waals surface area contributed by atoms with Crippen molar-refractivity contribution in [2.45, 2.75) is 33.2 Å². The van der Waals surface area contributed by atoms with Gasteiger partial charge in [0.1, 0.15) is 0 Å². The van der Waals surface area contributed by atoms with E-state index in [9.17, 15) is 14.8 Å². The second-order valence-electron chi connectivity index (χ2n) is 5.56. The van der Waals surface area contributed by atoms with Crippen LogP contribution in [0, 0.1) is 5.21 Å². The molecule has 20 heavy (non-hydrogen) atoms. The zero-order valence-electron chi connectivity index (χ0n) is 12.3. The van der Waals surface area contributed by atoms with Gasteiger partial charge in [-0.2, -0.15) is 4.73 Å². The van der Waals surface area contributed by atoms with E-state index in [0.29, 0.717) is 16.8 Å². The molecular weight excluding hydrogens is 258 g/mol. The van der Waals surface area contributed by atoms with E-state index in [2.05, 4.69) is 5.32 Å². The standard InChI is InChI=1S/C14H21N3O3/c1-5-16(10-12(18)15-14(2,3)4)13(19)11-6-8-17(20)9-7-11/h6-9H,5,10H2,1-4H3,(H,15,18). The number of amides is 2. The Morgan fingerprint density at radius 2 is 1.85 bits per heavy atom. The Hall–Kier alpha value is -2.11. The van der Waals surface area contributed by atoms with Crippen LogP contribution in [-0.4, -0.2) is 35.3 Å². The molecule has 0 atom stereocenters. The Bertz CT molecular complexity index is 477. The van der Waals surface area contributed by atoms with Crippen LogP contribution in [0.4, 0.5) is 0 Å². The number of carbonyl (C=O) groups excluding carboxylic acids is 2. The molecule has 0 fully saturated rings. The molecule has 2 amide bonds. The molecule has 0 saturated carbocycles. The number of carbonyl (C=O) groups is 2. The molecule has 1 heterocycles. The highest BCUT2D eigenvalue weighted by atomic mass is 16.5. The molecule has 1 rings (SSSR count). The number of hydrogen-bond acceptors (Lipinski definition) is 3. The van der Waals surface area contributed by atoms with E-state index in [1.54, 1.807) is 6.92 Å². The fourth-order valence-corrected chi connectivity index (χ4v) is 1.70. The minimum atomic E-state index is -0.333. The minimum Gasteiger partial charge on any atom is -0.619 e. The summed E-state index contributed by atoms with van der Waals surface area (Å²) in [7, 11) is 0. The predicted octanol–water partition coefficient (Wildman–Crippen LogP) is 0.697.